The number of hydrogen-bond donors (Lipinski definition) is 1. The van der Waals surface area contributed by atoms with E-state index in [2.05, 4.69) is 27.4 Å². The van der Waals surface area contributed by atoms with Crippen LogP contribution in [-0.2, 0) is 13.9 Å². The fraction of sp³-hybridized carbons (Fsp3) is 0.433. The molecule has 2 aromatic carbocycles. The minimum absolute atomic E-state index is 0.0702. The minimum atomic E-state index is -2.58. The Kier molecular flexibility index (Phi) is 8.51. The number of phenolic OH excluding ortho intramolecular Hbond substituents is 1. The number of hydrogen-bond acceptors (Lipinski definition) is 8. The van der Waals surface area contributed by atoms with E-state index in [1.165, 1.54) is 30.2 Å². The van der Waals surface area contributed by atoms with Crippen molar-refractivity contribution in [2.75, 3.05) is 25.2 Å². The van der Waals surface area contributed by atoms with Crippen LogP contribution in [0.15, 0.2) is 55.1 Å². The second-order valence-corrected chi connectivity index (χ2v) is 16.5. The van der Waals surface area contributed by atoms with Gasteiger partial charge in [-0.1, -0.05) is 51.6 Å². The molecule has 3 atom stereocenters. The smallest absolute Gasteiger partial charge is 0.416 e. The first kappa shape index (κ1) is 30.1. The monoisotopic (exact) mass is 582 g/mol. The second-order valence-electron chi connectivity index (χ2n) is 11.7. The van der Waals surface area contributed by atoms with Gasteiger partial charge in [-0.25, -0.2) is 14.5 Å². The number of nitrogens with zero attached hydrogens (tertiary/aromatic N) is 2. The number of methoxy groups -OCH3 is 1. The van der Waals surface area contributed by atoms with Crippen LogP contribution in [0, 0.1) is 0 Å². The Hall–Kier alpha value is -3.83. The van der Waals surface area contributed by atoms with E-state index in [4.69, 9.17) is 18.6 Å². The first-order valence-electron chi connectivity index (χ1n) is 13.5. The van der Waals surface area contributed by atoms with E-state index in [1.807, 2.05) is 13.1 Å². The summed E-state index contributed by atoms with van der Waals surface area (Å²) in [6.45, 7) is 14.0. The molecule has 0 aromatic heterocycles. The van der Waals surface area contributed by atoms with Crippen molar-refractivity contribution in [3.05, 3.63) is 66.2 Å². The average Bonchev–Trinajstić information content (AvgIpc) is 3.31. The van der Waals surface area contributed by atoms with Crippen LogP contribution in [0.25, 0.3) is 0 Å². The molecule has 0 bridgehead atoms. The highest BCUT2D eigenvalue weighted by atomic mass is 28.4. The van der Waals surface area contributed by atoms with Gasteiger partial charge in [0.1, 0.15) is 12.7 Å². The van der Waals surface area contributed by atoms with Crippen molar-refractivity contribution in [2.45, 2.75) is 63.7 Å². The number of anilines is 1. The van der Waals surface area contributed by atoms with E-state index >= 15 is 0 Å². The zero-order chi connectivity index (χ0) is 30.1. The predicted molar refractivity (Wildman–Crippen MR) is 156 cm³/mol. The van der Waals surface area contributed by atoms with E-state index in [9.17, 15) is 19.5 Å². The van der Waals surface area contributed by atoms with Crippen molar-refractivity contribution in [2.24, 2.45) is 0 Å². The molecular formula is C30H38N2O8Si. The highest BCUT2D eigenvalue weighted by molar-refractivity contribution is 6.74. The maximum atomic E-state index is 14.1. The quantitative estimate of drug-likeness (QED) is 0.265. The summed E-state index contributed by atoms with van der Waals surface area (Å²) < 4.78 is 23.5. The fourth-order valence-electron chi connectivity index (χ4n) is 4.78. The summed E-state index contributed by atoms with van der Waals surface area (Å²) in [7, 11) is -1.20. The lowest BCUT2D eigenvalue weighted by molar-refractivity contribution is 0.0314. The van der Waals surface area contributed by atoms with E-state index in [0.29, 0.717) is 5.56 Å². The van der Waals surface area contributed by atoms with Crippen molar-refractivity contribution in [3.8, 4) is 11.5 Å². The summed E-state index contributed by atoms with van der Waals surface area (Å²) in [5.74, 6) is -1.09. The van der Waals surface area contributed by atoms with Crippen LogP contribution < -0.4 is 9.64 Å². The molecule has 41 heavy (non-hydrogen) atoms. The number of amides is 2. The molecule has 10 nitrogen and oxygen atoms in total. The molecule has 1 saturated heterocycles. The average molecular weight is 583 g/mol. The van der Waals surface area contributed by atoms with Crippen LogP contribution in [0.2, 0.25) is 18.1 Å². The molecule has 0 aliphatic carbocycles. The summed E-state index contributed by atoms with van der Waals surface area (Å²) in [6.07, 6.45) is -0.733. The summed E-state index contributed by atoms with van der Waals surface area (Å²) in [5.41, 5.74) is 0.657. The molecule has 4 rings (SSSR count). The molecule has 2 aromatic rings. The lowest BCUT2D eigenvalue weighted by Crippen LogP contribution is -2.58. The third kappa shape index (κ3) is 5.96. The van der Waals surface area contributed by atoms with Crippen molar-refractivity contribution >= 4 is 32.0 Å². The van der Waals surface area contributed by atoms with Gasteiger partial charge >= 0.3 is 12.1 Å². The Morgan fingerprint density at radius 3 is 2.46 bits per heavy atom. The van der Waals surface area contributed by atoms with Gasteiger partial charge in [-0.2, -0.15) is 0 Å². The Bertz CT molecular complexity index is 1320. The summed E-state index contributed by atoms with van der Waals surface area (Å²) in [6, 6.07) is 10.7. The van der Waals surface area contributed by atoms with Crippen LogP contribution in [0.5, 0.6) is 11.5 Å². The van der Waals surface area contributed by atoms with Crippen LogP contribution in [-0.4, -0.2) is 74.9 Å². The lowest BCUT2D eigenvalue weighted by atomic mass is 10.1. The number of rotatable bonds is 7. The number of carbonyl (C=O) groups excluding carboxylic acids is 3. The number of aromatic hydroxyl groups is 1. The van der Waals surface area contributed by atoms with Gasteiger partial charge in [-0.3, -0.25) is 4.79 Å². The topological polar surface area (TPSA) is 115 Å². The highest BCUT2D eigenvalue weighted by Crippen LogP contribution is 2.45. The molecule has 2 amide bonds. The summed E-state index contributed by atoms with van der Waals surface area (Å²) >= 11 is 0. The number of esters is 1. The zero-order valence-electron chi connectivity index (χ0n) is 24.4. The molecule has 0 radical (unpaired) electrons. The molecule has 2 aliphatic heterocycles. The van der Waals surface area contributed by atoms with Gasteiger partial charge in [0.25, 0.3) is 5.91 Å². The Morgan fingerprint density at radius 2 is 1.85 bits per heavy atom. The van der Waals surface area contributed by atoms with E-state index in [1.54, 1.807) is 35.2 Å². The second kappa shape index (κ2) is 11.6. The Labute approximate surface area is 241 Å². The van der Waals surface area contributed by atoms with Gasteiger partial charge in [0.15, 0.2) is 26.0 Å². The summed E-state index contributed by atoms with van der Waals surface area (Å²) in [4.78, 5) is 43.6. The van der Waals surface area contributed by atoms with Gasteiger partial charge in [0.05, 0.1) is 36.5 Å². The Balaban J connectivity index is 1.83. The summed E-state index contributed by atoms with van der Waals surface area (Å²) in [5, 5.41) is 10.4. The van der Waals surface area contributed by atoms with Gasteiger partial charge < -0.3 is 28.6 Å². The maximum absolute atomic E-state index is 14.1. The minimum Gasteiger partial charge on any atom is -0.504 e. The largest absolute Gasteiger partial charge is 0.504 e. The fourth-order valence-corrected chi connectivity index (χ4v) is 6.00. The molecule has 0 unspecified atom stereocenters. The number of ether oxygens (including phenoxy) is 3. The van der Waals surface area contributed by atoms with Crippen LogP contribution in [0.3, 0.4) is 0 Å². The number of benzene rings is 2. The third-order valence-electron chi connectivity index (χ3n) is 7.96. The maximum Gasteiger partial charge on any atom is 0.416 e. The van der Waals surface area contributed by atoms with Gasteiger partial charge in [-0.05, 0) is 36.3 Å². The normalized spacial score (nSPS) is 20.5. The first-order valence-corrected chi connectivity index (χ1v) is 16.4. The van der Waals surface area contributed by atoms with Crippen LogP contribution >= 0.6 is 0 Å². The molecule has 220 valence electrons. The first-order chi connectivity index (χ1) is 19.3. The molecule has 0 spiro atoms. The molecule has 1 N–H and O–H groups in total. The van der Waals surface area contributed by atoms with Gasteiger partial charge in [-0.15, -0.1) is 0 Å². The number of fused-ring (bicyclic) bond motifs is 2. The lowest BCUT2D eigenvalue weighted by Gasteiger charge is -2.44. The van der Waals surface area contributed by atoms with Gasteiger partial charge in [0.2, 0.25) is 0 Å². The van der Waals surface area contributed by atoms with E-state index < -0.39 is 44.7 Å². The highest BCUT2D eigenvalue weighted by Gasteiger charge is 2.53. The number of carbonyl (C=O) groups is 3. The van der Waals surface area contributed by atoms with Gasteiger partial charge in [0, 0.05) is 12.5 Å². The standard InChI is InChI=1S/C30H38N2O8Si/c1-8-14-38-29(36)32-22-17-24(33)25(37-5)16-21(22)26(34)31-18-20(39-28(35)19-12-10-9-11-13-19)15-23(31)27(32)40-41(6,7)30(2,3)4/h8-13,16-17,20,23,27,33H,1,14-15,18H2,2-7H3/t20-,23-,27-/m0/s1. The van der Waals surface area contributed by atoms with Crippen LogP contribution in [0.4, 0.5) is 10.5 Å². The molecular weight excluding hydrogens is 544 g/mol. The predicted octanol–water partition coefficient (Wildman–Crippen LogP) is 5.33. The van der Waals surface area contributed by atoms with Crippen molar-refractivity contribution in [1.82, 2.24) is 4.90 Å². The molecule has 2 heterocycles. The van der Waals surface area contributed by atoms with Crippen molar-refractivity contribution in [1.29, 1.82) is 0 Å². The van der Waals surface area contributed by atoms with E-state index in [-0.39, 0.29) is 47.4 Å². The van der Waals surface area contributed by atoms with Crippen LogP contribution in [0.1, 0.15) is 47.9 Å². The molecule has 11 heteroatoms. The SMILES string of the molecule is C=CCOC(=O)N1c2cc(O)c(OC)cc2C(=O)N2C[C@@H](OC(=O)c3ccccc3)C[C@H]2[C@@H]1O[Si](C)(C)C(C)(C)C. The van der Waals surface area contributed by atoms with Crippen molar-refractivity contribution < 1.29 is 38.1 Å². The molecule has 1 fully saturated rings. The molecule has 0 saturated carbocycles. The third-order valence-corrected chi connectivity index (χ3v) is 12.4. The zero-order valence-corrected chi connectivity index (χ0v) is 25.4. The Morgan fingerprint density at radius 1 is 1.17 bits per heavy atom. The number of phenols is 1. The molecule has 2 aliphatic rings. The van der Waals surface area contributed by atoms with E-state index in [0.717, 1.165) is 0 Å². The van der Waals surface area contributed by atoms with Crippen molar-refractivity contribution in [3.63, 3.8) is 0 Å².